The summed E-state index contributed by atoms with van der Waals surface area (Å²) >= 11 is 0. The summed E-state index contributed by atoms with van der Waals surface area (Å²) in [5.74, 6) is 1.59. The van der Waals surface area contributed by atoms with Crippen LogP contribution in [0.2, 0.25) is 0 Å². The van der Waals surface area contributed by atoms with E-state index in [4.69, 9.17) is 5.73 Å². The van der Waals surface area contributed by atoms with Gasteiger partial charge in [0.1, 0.15) is 0 Å². The lowest BCUT2D eigenvalue weighted by molar-refractivity contribution is 0.00700. The van der Waals surface area contributed by atoms with Crippen molar-refractivity contribution in [3.05, 3.63) is 0 Å². The van der Waals surface area contributed by atoms with Crippen molar-refractivity contribution in [3.63, 3.8) is 0 Å². The van der Waals surface area contributed by atoms with Crippen LogP contribution in [-0.2, 0) is 0 Å². The van der Waals surface area contributed by atoms with E-state index in [-0.39, 0.29) is 5.54 Å². The van der Waals surface area contributed by atoms with Gasteiger partial charge >= 0.3 is 0 Å². The number of nitrogens with two attached hydrogens (primary N) is 1. The number of nitrogens with zero attached hydrogens (tertiary/aromatic N) is 1. The third-order valence-electron chi connectivity index (χ3n) is 4.77. The van der Waals surface area contributed by atoms with E-state index < -0.39 is 0 Å². The summed E-state index contributed by atoms with van der Waals surface area (Å²) in [4.78, 5) is 2.68. The molecule has 0 aromatic rings. The average Bonchev–Trinajstić information content (AvgIpc) is 2.29. The maximum absolute atomic E-state index is 6.09. The Hall–Kier alpha value is -0.0800. The van der Waals surface area contributed by atoms with Gasteiger partial charge in [-0.15, -0.1) is 0 Å². The molecule has 0 saturated carbocycles. The first-order chi connectivity index (χ1) is 7.90. The Kier molecular flexibility index (Phi) is 5.46. The van der Waals surface area contributed by atoms with Crippen LogP contribution in [0.5, 0.6) is 0 Å². The average molecular weight is 240 g/mol. The lowest BCUT2D eigenvalue weighted by atomic mass is 9.83. The van der Waals surface area contributed by atoms with Crippen LogP contribution >= 0.6 is 0 Å². The first-order valence-electron chi connectivity index (χ1n) is 7.37. The molecule has 102 valence electrons. The van der Waals surface area contributed by atoms with Gasteiger partial charge in [-0.25, -0.2) is 0 Å². The molecule has 1 fully saturated rings. The molecule has 2 N–H and O–H groups in total. The fourth-order valence-electron chi connectivity index (χ4n) is 3.06. The van der Waals surface area contributed by atoms with Gasteiger partial charge in [-0.2, -0.15) is 0 Å². The van der Waals surface area contributed by atoms with Crippen LogP contribution in [0.25, 0.3) is 0 Å². The van der Waals surface area contributed by atoms with Gasteiger partial charge in [-0.3, -0.25) is 4.90 Å². The lowest BCUT2D eigenvalue weighted by Gasteiger charge is -2.49. The zero-order valence-corrected chi connectivity index (χ0v) is 12.5. The SMILES string of the molecule is CC(C)CCC(C)(CN)N1CCCC(C)C1C. The fraction of sp³-hybridized carbons (Fsp3) is 1.00. The molecule has 0 aromatic heterocycles. The third-order valence-corrected chi connectivity index (χ3v) is 4.77. The molecule has 0 bridgehead atoms. The fourth-order valence-corrected chi connectivity index (χ4v) is 3.06. The Morgan fingerprint density at radius 3 is 2.53 bits per heavy atom. The van der Waals surface area contributed by atoms with Crippen LogP contribution in [0.15, 0.2) is 0 Å². The Balaban J connectivity index is 2.69. The van der Waals surface area contributed by atoms with Gasteiger partial charge in [0.05, 0.1) is 0 Å². The Bertz CT molecular complexity index is 227. The Morgan fingerprint density at radius 1 is 1.35 bits per heavy atom. The van der Waals surface area contributed by atoms with Crippen molar-refractivity contribution in [1.29, 1.82) is 0 Å². The molecule has 1 aliphatic heterocycles. The van der Waals surface area contributed by atoms with Crippen LogP contribution in [-0.4, -0.2) is 29.6 Å². The van der Waals surface area contributed by atoms with Crippen molar-refractivity contribution in [2.75, 3.05) is 13.1 Å². The predicted molar refractivity (Wildman–Crippen MR) is 76.1 cm³/mol. The van der Waals surface area contributed by atoms with Crippen molar-refractivity contribution >= 4 is 0 Å². The highest BCUT2D eigenvalue weighted by Gasteiger charge is 2.37. The molecule has 1 heterocycles. The topological polar surface area (TPSA) is 29.3 Å². The Labute approximate surface area is 108 Å². The van der Waals surface area contributed by atoms with Crippen LogP contribution in [0, 0.1) is 11.8 Å². The largest absolute Gasteiger partial charge is 0.329 e. The summed E-state index contributed by atoms with van der Waals surface area (Å²) in [7, 11) is 0. The van der Waals surface area contributed by atoms with Gasteiger partial charge in [-0.05, 0) is 57.9 Å². The summed E-state index contributed by atoms with van der Waals surface area (Å²) < 4.78 is 0. The molecule has 3 unspecified atom stereocenters. The summed E-state index contributed by atoms with van der Waals surface area (Å²) in [6.07, 6.45) is 5.23. The maximum atomic E-state index is 6.09. The van der Waals surface area contributed by atoms with E-state index in [1.807, 2.05) is 0 Å². The highest BCUT2D eigenvalue weighted by atomic mass is 15.2. The van der Waals surface area contributed by atoms with E-state index in [9.17, 15) is 0 Å². The summed E-state index contributed by atoms with van der Waals surface area (Å²) in [5, 5.41) is 0. The molecular formula is C15H32N2. The van der Waals surface area contributed by atoms with E-state index in [2.05, 4.69) is 39.5 Å². The van der Waals surface area contributed by atoms with Crippen LogP contribution in [0.4, 0.5) is 0 Å². The lowest BCUT2D eigenvalue weighted by Crippen LogP contribution is -2.58. The van der Waals surface area contributed by atoms with E-state index >= 15 is 0 Å². The molecule has 0 amide bonds. The molecule has 2 nitrogen and oxygen atoms in total. The minimum atomic E-state index is 0.207. The third kappa shape index (κ3) is 3.69. The van der Waals surface area contributed by atoms with E-state index in [0.717, 1.165) is 18.4 Å². The second-order valence-electron chi connectivity index (χ2n) is 6.69. The highest BCUT2D eigenvalue weighted by Crippen LogP contribution is 2.32. The summed E-state index contributed by atoms with van der Waals surface area (Å²) in [6, 6.07) is 0.685. The van der Waals surface area contributed by atoms with Crippen molar-refractivity contribution in [2.45, 2.75) is 71.9 Å². The molecule has 17 heavy (non-hydrogen) atoms. The standard InChI is InChI=1S/C15H32N2/c1-12(2)8-9-15(5,11-16)17-10-6-7-13(3)14(17)4/h12-14H,6-11,16H2,1-5H3. The number of rotatable bonds is 5. The van der Waals surface area contributed by atoms with Gasteiger partial charge < -0.3 is 5.73 Å². The minimum absolute atomic E-state index is 0.207. The van der Waals surface area contributed by atoms with Gasteiger partial charge in [0, 0.05) is 18.1 Å². The monoisotopic (exact) mass is 240 g/mol. The van der Waals surface area contributed by atoms with E-state index in [0.29, 0.717) is 6.04 Å². The number of piperidine rings is 1. The van der Waals surface area contributed by atoms with Crippen molar-refractivity contribution in [1.82, 2.24) is 4.90 Å². The zero-order valence-electron chi connectivity index (χ0n) is 12.5. The molecule has 1 aliphatic rings. The Morgan fingerprint density at radius 2 is 2.00 bits per heavy atom. The maximum Gasteiger partial charge on any atom is 0.0306 e. The van der Waals surface area contributed by atoms with Crippen molar-refractivity contribution in [3.8, 4) is 0 Å². The first-order valence-corrected chi connectivity index (χ1v) is 7.37. The molecule has 0 spiro atoms. The first kappa shape index (κ1) is 15.0. The molecule has 2 heteroatoms. The molecular weight excluding hydrogens is 208 g/mol. The predicted octanol–water partition coefficient (Wildman–Crippen LogP) is 3.26. The molecule has 0 aliphatic carbocycles. The van der Waals surface area contributed by atoms with Crippen LogP contribution in [0.1, 0.15) is 60.3 Å². The van der Waals surface area contributed by atoms with Crippen LogP contribution < -0.4 is 5.73 Å². The second kappa shape index (κ2) is 6.19. The molecule has 3 atom stereocenters. The van der Waals surface area contributed by atoms with E-state index in [1.165, 1.54) is 32.2 Å². The smallest absolute Gasteiger partial charge is 0.0306 e. The van der Waals surface area contributed by atoms with Gasteiger partial charge in [0.2, 0.25) is 0 Å². The normalized spacial score (nSPS) is 30.5. The highest BCUT2D eigenvalue weighted by molar-refractivity contribution is 4.93. The van der Waals surface area contributed by atoms with Gasteiger partial charge in [-0.1, -0.05) is 20.8 Å². The molecule has 1 saturated heterocycles. The van der Waals surface area contributed by atoms with Gasteiger partial charge in [0.25, 0.3) is 0 Å². The molecule has 0 radical (unpaired) electrons. The van der Waals surface area contributed by atoms with Gasteiger partial charge in [0.15, 0.2) is 0 Å². The summed E-state index contributed by atoms with van der Waals surface area (Å²) in [6.45, 7) is 13.8. The van der Waals surface area contributed by atoms with Crippen molar-refractivity contribution in [2.24, 2.45) is 17.6 Å². The van der Waals surface area contributed by atoms with Crippen LogP contribution in [0.3, 0.4) is 0 Å². The number of hydrogen-bond donors (Lipinski definition) is 1. The number of hydrogen-bond acceptors (Lipinski definition) is 2. The molecule has 1 rings (SSSR count). The van der Waals surface area contributed by atoms with Crippen molar-refractivity contribution < 1.29 is 0 Å². The minimum Gasteiger partial charge on any atom is -0.329 e. The summed E-state index contributed by atoms with van der Waals surface area (Å²) in [5.41, 5.74) is 6.30. The zero-order chi connectivity index (χ0) is 13.1. The van der Waals surface area contributed by atoms with E-state index in [1.54, 1.807) is 0 Å². The number of likely N-dealkylation sites (tertiary alicyclic amines) is 1. The molecule has 0 aromatic carbocycles. The second-order valence-corrected chi connectivity index (χ2v) is 6.69. The quantitative estimate of drug-likeness (QED) is 0.799.